The maximum absolute atomic E-state index is 11.8. The maximum atomic E-state index is 11.8. The van der Waals surface area contributed by atoms with Crippen molar-refractivity contribution in [2.75, 3.05) is 13.1 Å². The maximum Gasteiger partial charge on any atom is 0.253 e. The van der Waals surface area contributed by atoms with Gasteiger partial charge < -0.3 is 9.88 Å². The summed E-state index contributed by atoms with van der Waals surface area (Å²) in [4.78, 5) is 11.8. The number of hydrogen-bond acceptors (Lipinski definition) is 2. The molecular weight excluding hydrogens is 212 g/mol. The predicted octanol–water partition coefficient (Wildman–Crippen LogP) is 1.94. The van der Waals surface area contributed by atoms with Gasteiger partial charge in [-0.2, -0.15) is 0 Å². The minimum absolute atomic E-state index is 0.134. The average Bonchev–Trinajstić information content (AvgIpc) is 2.83. The summed E-state index contributed by atoms with van der Waals surface area (Å²) in [6, 6.07) is 3.80. The zero-order valence-electron chi connectivity index (χ0n) is 10.6. The van der Waals surface area contributed by atoms with Gasteiger partial charge in [-0.1, -0.05) is 18.9 Å². The van der Waals surface area contributed by atoms with E-state index in [1.165, 1.54) is 25.7 Å². The standard InChI is InChI=1S/C14H22N2O/c1-12-5-4-9-16(14(12)17)10-8-15-11-13-6-2-3-7-13/h4-5,9,13,15H,2-3,6-8,10-11H2,1H3. The van der Waals surface area contributed by atoms with Crippen LogP contribution in [0.15, 0.2) is 23.1 Å². The molecule has 0 radical (unpaired) electrons. The number of aryl methyl sites for hydroxylation is 1. The Kier molecular flexibility index (Phi) is 4.37. The van der Waals surface area contributed by atoms with E-state index < -0.39 is 0 Å². The molecule has 0 amide bonds. The van der Waals surface area contributed by atoms with E-state index in [-0.39, 0.29) is 5.56 Å². The molecule has 1 aromatic heterocycles. The molecule has 0 aliphatic heterocycles. The number of rotatable bonds is 5. The fourth-order valence-corrected chi connectivity index (χ4v) is 2.55. The SMILES string of the molecule is Cc1cccn(CCNCC2CCCC2)c1=O. The second kappa shape index (κ2) is 6.01. The second-order valence-corrected chi connectivity index (χ2v) is 5.04. The van der Waals surface area contributed by atoms with Gasteiger partial charge in [-0.05, 0) is 38.3 Å². The normalized spacial score (nSPS) is 16.5. The molecule has 0 aromatic carbocycles. The molecule has 94 valence electrons. The van der Waals surface area contributed by atoms with Gasteiger partial charge in [0.05, 0.1) is 0 Å². The lowest BCUT2D eigenvalue weighted by atomic mass is 10.1. The summed E-state index contributed by atoms with van der Waals surface area (Å²) in [5.74, 6) is 0.865. The van der Waals surface area contributed by atoms with Crippen LogP contribution in [0.1, 0.15) is 31.2 Å². The Balaban J connectivity index is 1.74. The van der Waals surface area contributed by atoms with Crippen LogP contribution >= 0.6 is 0 Å². The Morgan fingerprint density at radius 1 is 1.41 bits per heavy atom. The van der Waals surface area contributed by atoms with E-state index in [9.17, 15) is 4.79 Å². The van der Waals surface area contributed by atoms with Crippen molar-refractivity contribution >= 4 is 0 Å². The van der Waals surface area contributed by atoms with Crippen LogP contribution in [-0.2, 0) is 6.54 Å². The molecule has 2 rings (SSSR count). The third-order valence-electron chi connectivity index (χ3n) is 3.65. The molecule has 0 bridgehead atoms. The van der Waals surface area contributed by atoms with Crippen LogP contribution in [0.5, 0.6) is 0 Å². The highest BCUT2D eigenvalue weighted by Crippen LogP contribution is 2.23. The summed E-state index contributed by atoms with van der Waals surface area (Å²) in [5.41, 5.74) is 0.957. The highest BCUT2D eigenvalue weighted by atomic mass is 16.1. The molecule has 1 heterocycles. The molecule has 1 saturated carbocycles. The van der Waals surface area contributed by atoms with Crippen molar-refractivity contribution < 1.29 is 0 Å². The van der Waals surface area contributed by atoms with Gasteiger partial charge in [0, 0.05) is 24.8 Å². The number of nitrogens with one attached hydrogen (secondary N) is 1. The molecule has 1 aliphatic rings. The number of pyridine rings is 1. The van der Waals surface area contributed by atoms with Crippen molar-refractivity contribution in [1.29, 1.82) is 0 Å². The van der Waals surface area contributed by atoms with Crippen molar-refractivity contribution in [2.45, 2.75) is 39.2 Å². The molecule has 3 heteroatoms. The van der Waals surface area contributed by atoms with Gasteiger partial charge in [0.25, 0.3) is 5.56 Å². The van der Waals surface area contributed by atoms with Crippen LogP contribution in [0.3, 0.4) is 0 Å². The first-order valence-electron chi connectivity index (χ1n) is 6.64. The van der Waals surface area contributed by atoms with Gasteiger partial charge in [-0.25, -0.2) is 0 Å². The number of hydrogen-bond donors (Lipinski definition) is 1. The fraction of sp³-hybridized carbons (Fsp3) is 0.643. The molecule has 3 nitrogen and oxygen atoms in total. The molecule has 1 N–H and O–H groups in total. The molecule has 1 aromatic rings. The van der Waals surface area contributed by atoms with Gasteiger partial charge in [-0.3, -0.25) is 4.79 Å². The Bertz CT molecular complexity index is 405. The first-order chi connectivity index (χ1) is 8.27. The Morgan fingerprint density at radius 3 is 2.94 bits per heavy atom. The van der Waals surface area contributed by atoms with Gasteiger partial charge in [0.2, 0.25) is 0 Å². The second-order valence-electron chi connectivity index (χ2n) is 5.04. The summed E-state index contributed by atoms with van der Waals surface area (Å²) < 4.78 is 1.79. The van der Waals surface area contributed by atoms with Crippen molar-refractivity contribution in [1.82, 2.24) is 9.88 Å². The smallest absolute Gasteiger partial charge is 0.253 e. The zero-order valence-corrected chi connectivity index (χ0v) is 10.6. The first kappa shape index (κ1) is 12.4. The van der Waals surface area contributed by atoms with Crippen LogP contribution in [0.2, 0.25) is 0 Å². The summed E-state index contributed by atoms with van der Waals surface area (Å²) in [6.07, 6.45) is 7.40. The van der Waals surface area contributed by atoms with Crippen LogP contribution in [-0.4, -0.2) is 17.7 Å². The molecule has 17 heavy (non-hydrogen) atoms. The lowest BCUT2D eigenvalue weighted by Crippen LogP contribution is -2.29. The number of aromatic nitrogens is 1. The minimum Gasteiger partial charge on any atom is -0.315 e. The van der Waals surface area contributed by atoms with E-state index in [2.05, 4.69) is 5.32 Å². The molecule has 0 spiro atoms. The number of nitrogens with zero attached hydrogens (tertiary/aromatic N) is 1. The van der Waals surface area contributed by atoms with Crippen LogP contribution in [0, 0.1) is 12.8 Å². The van der Waals surface area contributed by atoms with Crippen molar-refractivity contribution in [2.24, 2.45) is 5.92 Å². The van der Waals surface area contributed by atoms with E-state index in [0.717, 1.165) is 31.1 Å². The largest absolute Gasteiger partial charge is 0.315 e. The van der Waals surface area contributed by atoms with Crippen LogP contribution < -0.4 is 10.9 Å². The van der Waals surface area contributed by atoms with Gasteiger partial charge in [-0.15, -0.1) is 0 Å². The quantitative estimate of drug-likeness (QED) is 0.790. The lowest BCUT2D eigenvalue weighted by molar-refractivity contribution is 0.473. The van der Waals surface area contributed by atoms with E-state index in [1.54, 1.807) is 4.57 Å². The predicted molar refractivity (Wildman–Crippen MR) is 70.3 cm³/mol. The summed E-state index contributed by atoms with van der Waals surface area (Å²) in [5, 5.41) is 3.46. The monoisotopic (exact) mass is 234 g/mol. The lowest BCUT2D eigenvalue weighted by Gasteiger charge is -2.11. The Hall–Kier alpha value is -1.09. The summed E-state index contributed by atoms with van der Waals surface area (Å²) in [7, 11) is 0. The van der Waals surface area contributed by atoms with Gasteiger partial charge in [0.1, 0.15) is 0 Å². The molecule has 0 unspecified atom stereocenters. The molecule has 1 aliphatic carbocycles. The molecule has 1 fully saturated rings. The fourth-order valence-electron chi connectivity index (χ4n) is 2.55. The molecule has 0 saturated heterocycles. The molecular formula is C14H22N2O. The van der Waals surface area contributed by atoms with Crippen molar-refractivity contribution in [3.8, 4) is 0 Å². The van der Waals surface area contributed by atoms with E-state index in [1.807, 2.05) is 25.3 Å². The van der Waals surface area contributed by atoms with Crippen molar-refractivity contribution in [3.05, 3.63) is 34.2 Å². The zero-order chi connectivity index (χ0) is 12.1. The summed E-state index contributed by atoms with van der Waals surface area (Å²) in [6.45, 7) is 4.64. The minimum atomic E-state index is 0.134. The third-order valence-corrected chi connectivity index (χ3v) is 3.65. The molecule has 0 atom stereocenters. The highest BCUT2D eigenvalue weighted by molar-refractivity contribution is 5.07. The van der Waals surface area contributed by atoms with E-state index in [0.29, 0.717) is 0 Å². The topological polar surface area (TPSA) is 34.0 Å². The third kappa shape index (κ3) is 3.43. The van der Waals surface area contributed by atoms with Crippen molar-refractivity contribution in [3.63, 3.8) is 0 Å². The Labute approximate surface area is 103 Å². The van der Waals surface area contributed by atoms with Gasteiger partial charge in [0.15, 0.2) is 0 Å². The Morgan fingerprint density at radius 2 is 2.18 bits per heavy atom. The van der Waals surface area contributed by atoms with Crippen LogP contribution in [0.25, 0.3) is 0 Å². The van der Waals surface area contributed by atoms with E-state index >= 15 is 0 Å². The van der Waals surface area contributed by atoms with Crippen LogP contribution in [0.4, 0.5) is 0 Å². The highest BCUT2D eigenvalue weighted by Gasteiger charge is 2.13. The van der Waals surface area contributed by atoms with Gasteiger partial charge >= 0.3 is 0 Å². The van der Waals surface area contributed by atoms with E-state index in [4.69, 9.17) is 0 Å². The first-order valence-corrected chi connectivity index (χ1v) is 6.64. The summed E-state index contributed by atoms with van der Waals surface area (Å²) >= 11 is 0. The average molecular weight is 234 g/mol.